The van der Waals surface area contributed by atoms with Crippen molar-refractivity contribution in [2.24, 2.45) is 5.92 Å². The van der Waals surface area contributed by atoms with Gasteiger partial charge in [-0.2, -0.15) is 0 Å². The molecular formula is C17H21N3O4. The summed E-state index contributed by atoms with van der Waals surface area (Å²) < 4.78 is 0. The topological polar surface area (TPSA) is 98.7 Å². The molecule has 0 unspecified atom stereocenters. The van der Waals surface area contributed by atoms with Gasteiger partial charge in [0.1, 0.15) is 5.70 Å². The van der Waals surface area contributed by atoms with Crippen LogP contribution in [0, 0.1) is 5.92 Å². The molecule has 128 valence electrons. The highest BCUT2D eigenvalue weighted by atomic mass is 16.3. The zero-order valence-electron chi connectivity index (χ0n) is 13.7. The number of aliphatic hydroxyl groups is 1. The first-order chi connectivity index (χ1) is 11.4. The van der Waals surface area contributed by atoms with Crippen LogP contribution in [0.1, 0.15) is 20.3 Å². The summed E-state index contributed by atoms with van der Waals surface area (Å²) in [7, 11) is 0. The molecule has 3 N–H and O–H groups in total. The third-order valence-electron chi connectivity index (χ3n) is 3.37. The highest BCUT2D eigenvalue weighted by molar-refractivity contribution is 6.17. The van der Waals surface area contributed by atoms with Gasteiger partial charge in [0.15, 0.2) is 0 Å². The summed E-state index contributed by atoms with van der Waals surface area (Å²) in [5.41, 5.74) is 1.44. The van der Waals surface area contributed by atoms with E-state index in [-0.39, 0.29) is 30.7 Å². The number of hydrogen-bond donors (Lipinski definition) is 3. The number of carbonyl (C=O) groups is 3. The van der Waals surface area contributed by atoms with Crippen LogP contribution in [0.15, 0.2) is 36.0 Å². The highest BCUT2D eigenvalue weighted by Crippen LogP contribution is 2.19. The molecule has 24 heavy (non-hydrogen) atoms. The number of imide groups is 1. The fourth-order valence-electron chi connectivity index (χ4n) is 2.29. The average Bonchev–Trinajstić information content (AvgIpc) is 2.76. The van der Waals surface area contributed by atoms with Crippen LogP contribution in [0.25, 0.3) is 0 Å². The van der Waals surface area contributed by atoms with Crippen molar-refractivity contribution in [1.29, 1.82) is 0 Å². The second-order valence-electron chi connectivity index (χ2n) is 5.93. The van der Waals surface area contributed by atoms with Crippen LogP contribution >= 0.6 is 0 Å². The van der Waals surface area contributed by atoms with Gasteiger partial charge in [-0.3, -0.25) is 19.3 Å². The van der Waals surface area contributed by atoms with E-state index in [1.807, 2.05) is 13.8 Å². The lowest BCUT2D eigenvalue weighted by Gasteiger charge is -2.13. The predicted molar refractivity (Wildman–Crippen MR) is 90.0 cm³/mol. The lowest BCUT2D eigenvalue weighted by atomic mass is 10.1. The van der Waals surface area contributed by atoms with Gasteiger partial charge >= 0.3 is 0 Å². The summed E-state index contributed by atoms with van der Waals surface area (Å²) in [6.07, 6.45) is 1.65. The van der Waals surface area contributed by atoms with Crippen LogP contribution in [0.5, 0.6) is 0 Å². The number of rotatable bonds is 7. The first kappa shape index (κ1) is 17.7. The van der Waals surface area contributed by atoms with E-state index in [4.69, 9.17) is 5.11 Å². The van der Waals surface area contributed by atoms with Crippen molar-refractivity contribution in [3.8, 4) is 0 Å². The molecule has 0 saturated carbocycles. The van der Waals surface area contributed by atoms with Gasteiger partial charge in [0.05, 0.1) is 13.2 Å². The molecule has 1 aromatic carbocycles. The second-order valence-corrected chi connectivity index (χ2v) is 5.93. The van der Waals surface area contributed by atoms with Gasteiger partial charge in [-0.05, 0) is 30.2 Å². The van der Waals surface area contributed by atoms with Crippen molar-refractivity contribution in [2.45, 2.75) is 20.3 Å². The Bertz CT molecular complexity index is 665. The van der Waals surface area contributed by atoms with Crippen LogP contribution in [0.4, 0.5) is 11.4 Å². The molecule has 3 amide bonds. The van der Waals surface area contributed by atoms with Crippen LogP contribution in [-0.4, -0.2) is 40.9 Å². The van der Waals surface area contributed by atoms with E-state index >= 15 is 0 Å². The van der Waals surface area contributed by atoms with Crippen molar-refractivity contribution >= 4 is 29.1 Å². The Morgan fingerprint density at radius 1 is 1.17 bits per heavy atom. The van der Waals surface area contributed by atoms with Crippen LogP contribution in [0.3, 0.4) is 0 Å². The quantitative estimate of drug-likeness (QED) is 0.655. The van der Waals surface area contributed by atoms with Crippen molar-refractivity contribution in [3.05, 3.63) is 36.0 Å². The summed E-state index contributed by atoms with van der Waals surface area (Å²) in [4.78, 5) is 36.4. The molecule has 0 atom stereocenters. The van der Waals surface area contributed by atoms with E-state index in [1.165, 1.54) is 6.08 Å². The van der Waals surface area contributed by atoms with Crippen LogP contribution in [-0.2, 0) is 14.4 Å². The fourth-order valence-corrected chi connectivity index (χ4v) is 2.29. The van der Waals surface area contributed by atoms with Gasteiger partial charge in [-0.15, -0.1) is 0 Å². The van der Waals surface area contributed by atoms with E-state index in [0.29, 0.717) is 17.8 Å². The monoisotopic (exact) mass is 331 g/mol. The Hall–Kier alpha value is -2.67. The zero-order valence-corrected chi connectivity index (χ0v) is 13.7. The minimum atomic E-state index is -0.469. The first-order valence-corrected chi connectivity index (χ1v) is 7.76. The second kappa shape index (κ2) is 7.74. The minimum Gasteiger partial charge on any atom is -0.395 e. The third-order valence-corrected chi connectivity index (χ3v) is 3.37. The Balaban J connectivity index is 1.97. The molecule has 1 aromatic rings. The molecule has 0 saturated heterocycles. The SMILES string of the molecule is CC(C)CC(=O)Nc1ccc(NC2=CC(=O)N(CCO)C2=O)cc1. The minimum absolute atomic E-state index is 0.0276. The number of nitrogens with one attached hydrogen (secondary N) is 2. The predicted octanol–water partition coefficient (Wildman–Crippen LogP) is 1.33. The lowest BCUT2D eigenvalue weighted by Crippen LogP contribution is -2.34. The number of anilines is 2. The van der Waals surface area contributed by atoms with Gasteiger partial charge in [-0.1, -0.05) is 13.8 Å². The maximum Gasteiger partial charge on any atom is 0.277 e. The Morgan fingerprint density at radius 3 is 2.38 bits per heavy atom. The number of carbonyl (C=O) groups excluding carboxylic acids is 3. The number of aliphatic hydroxyl groups excluding tert-OH is 1. The molecule has 0 spiro atoms. The number of amides is 3. The van der Waals surface area contributed by atoms with Gasteiger partial charge in [-0.25, -0.2) is 0 Å². The Morgan fingerprint density at radius 2 is 1.79 bits per heavy atom. The molecule has 0 bridgehead atoms. The van der Waals surface area contributed by atoms with E-state index in [0.717, 1.165) is 4.90 Å². The molecule has 7 heteroatoms. The van der Waals surface area contributed by atoms with Gasteiger partial charge in [0.25, 0.3) is 11.8 Å². The standard InChI is InChI=1S/C17H21N3O4/c1-11(2)9-15(22)19-13-5-3-12(4-6-13)18-14-10-16(23)20(7-8-21)17(14)24/h3-6,10-11,18,21H,7-9H2,1-2H3,(H,19,22). The summed E-state index contributed by atoms with van der Waals surface area (Å²) in [5.74, 6) is -0.687. The number of hydrogen-bond acceptors (Lipinski definition) is 5. The zero-order chi connectivity index (χ0) is 17.7. The molecule has 1 heterocycles. The van der Waals surface area contributed by atoms with Crippen molar-refractivity contribution in [3.63, 3.8) is 0 Å². The molecule has 2 rings (SSSR count). The van der Waals surface area contributed by atoms with Gasteiger partial charge < -0.3 is 15.7 Å². The summed E-state index contributed by atoms with van der Waals surface area (Å²) in [5, 5.41) is 14.5. The van der Waals surface area contributed by atoms with Gasteiger partial charge in [0, 0.05) is 23.9 Å². The molecule has 0 fully saturated rings. The van der Waals surface area contributed by atoms with E-state index in [2.05, 4.69) is 10.6 Å². The Kier molecular flexibility index (Phi) is 5.70. The van der Waals surface area contributed by atoms with Crippen molar-refractivity contribution < 1.29 is 19.5 Å². The molecule has 0 aliphatic carbocycles. The maximum absolute atomic E-state index is 12.0. The Labute approximate surface area is 140 Å². The molecule has 1 aliphatic rings. The average molecular weight is 331 g/mol. The maximum atomic E-state index is 12.0. The highest BCUT2D eigenvalue weighted by Gasteiger charge is 2.30. The normalized spacial score (nSPS) is 14.2. The summed E-state index contributed by atoms with van der Waals surface area (Å²) in [6.45, 7) is 3.64. The fraction of sp³-hybridized carbons (Fsp3) is 0.353. The van der Waals surface area contributed by atoms with Crippen LogP contribution < -0.4 is 10.6 Å². The molecule has 7 nitrogen and oxygen atoms in total. The molecular weight excluding hydrogens is 310 g/mol. The number of nitrogens with zero attached hydrogens (tertiary/aromatic N) is 1. The smallest absolute Gasteiger partial charge is 0.277 e. The molecule has 0 aromatic heterocycles. The first-order valence-electron chi connectivity index (χ1n) is 7.76. The summed E-state index contributed by atoms with van der Waals surface area (Å²) in [6, 6.07) is 6.85. The number of β-amino-alcohol motifs (C(OH)–C–C–N with tert-alkyl or cyclic N) is 1. The van der Waals surface area contributed by atoms with E-state index < -0.39 is 11.8 Å². The van der Waals surface area contributed by atoms with E-state index in [9.17, 15) is 14.4 Å². The van der Waals surface area contributed by atoms with Gasteiger partial charge in [0.2, 0.25) is 5.91 Å². The van der Waals surface area contributed by atoms with E-state index in [1.54, 1.807) is 24.3 Å². The third kappa shape index (κ3) is 4.42. The van der Waals surface area contributed by atoms with Crippen molar-refractivity contribution in [2.75, 3.05) is 23.8 Å². The van der Waals surface area contributed by atoms with Crippen LogP contribution in [0.2, 0.25) is 0 Å². The molecule has 1 aliphatic heterocycles. The summed E-state index contributed by atoms with van der Waals surface area (Å²) >= 11 is 0. The van der Waals surface area contributed by atoms with Crippen molar-refractivity contribution in [1.82, 2.24) is 4.90 Å². The lowest BCUT2D eigenvalue weighted by molar-refractivity contribution is -0.137. The molecule has 0 radical (unpaired) electrons. The number of benzene rings is 1. The largest absolute Gasteiger partial charge is 0.395 e.